The predicted octanol–water partition coefficient (Wildman–Crippen LogP) is 3.33. The van der Waals surface area contributed by atoms with Gasteiger partial charge in [0.05, 0.1) is 0 Å². The van der Waals surface area contributed by atoms with Gasteiger partial charge < -0.3 is 4.90 Å². The van der Waals surface area contributed by atoms with Crippen LogP contribution in [0.3, 0.4) is 0 Å². The van der Waals surface area contributed by atoms with E-state index in [1.807, 2.05) is 32.0 Å². The van der Waals surface area contributed by atoms with Gasteiger partial charge in [0.2, 0.25) is 0 Å². The number of hydrogen-bond donors (Lipinski definition) is 0. The molecule has 0 bridgehead atoms. The molecule has 1 aliphatic rings. The summed E-state index contributed by atoms with van der Waals surface area (Å²) in [4.78, 5) is 17.0. The summed E-state index contributed by atoms with van der Waals surface area (Å²) in [5.41, 5.74) is 5.69. The number of rotatable bonds is 5. The zero-order valence-electron chi connectivity index (χ0n) is 17.3. The van der Waals surface area contributed by atoms with E-state index in [0.29, 0.717) is 11.6 Å². The third-order valence-corrected chi connectivity index (χ3v) is 5.82. The molecule has 5 nitrogen and oxygen atoms in total. The monoisotopic (exact) mass is 368 g/mol. The number of nitrogens with zero attached hydrogens (tertiary/aromatic N) is 4. The number of carbonyl (C=O) groups is 1. The second-order valence-corrected chi connectivity index (χ2v) is 8.13. The van der Waals surface area contributed by atoms with Crippen molar-refractivity contribution in [2.45, 2.75) is 40.2 Å². The van der Waals surface area contributed by atoms with Crippen molar-refractivity contribution in [3.63, 3.8) is 0 Å². The fourth-order valence-electron chi connectivity index (χ4n) is 3.87. The minimum absolute atomic E-state index is 0.0246. The van der Waals surface area contributed by atoms with E-state index in [0.717, 1.165) is 44.7 Å². The van der Waals surface area contributed by atoms with Crippen LogP contribution < -0.4 is 0 Å². The number of benzene rings is 1. The van der Waals surface area contributed by atoms with E-state index in [-0.39, 0.29) is 5.91 Å². The molecule has 1 aliphatic heterocycles. The standard InChI is InChI=1S/C22H32N4O/c1-16-6-7-17(2)20(12-16)15-26-10-8-19(9-11-26)14-24(4)22(27)21-13-18(3)25(5)23-21/h6-7,12-13,19H,8-11,14-15H2,1-5H3. The van der Waals surface area contributed by atoms with E-state index in [9.17, 15) is 4.79 Å². The summed E-state index contributed by atoms with van der Waals surface area (Å²) in [5, 5.41) is 4.32. The molecular weight excluding hydrogens is 336 g/mol. The molecule has 146 valence electrons. The molecule has 27 heavy (non-hydrogen) atoms. The number of aromatic nitrogens is 2. The number of amides is 1. The molecular formula is C22H32N4O. The molecule has 5 heteroatoms. The first-order valence-electron chi connectivity index (χ1n) is 9.88. The van der Waals surface area contributed by atoms with Gasteiger partial charge in [-0.1, -0.05) is 23.8 Å². The van der Waals surface area contributed by atoms with Gasteiger partial charge in [0, 0.05) is 32.9 Å². The first-order valence-corrected chi connectivity index (χ1v) is 9.88. The number of aryl methyl sites for hydroxylation is 4. The fourth-order valence-corrected chi connectivity index (χ4v) is 3.87. The van der Waals surface area contributed by atoms with Crippen LogP contribution in [0.4, 0.5) is 0 Å². The lowest BCUT2D eigenvalue weighted by molar-refractivity contribution is 0.0731. The first kappa shape index (κ1) is 19.6. The van der Waals surface area contributed by atoms with Crippen LogP contribution in [0.15, 0.2) is 24.3 Å². The molecule has 0 aliphatic carbocycles. The zero-order valence-corrected chi connectivity index (χ0v) is 17.3. The van der Waals surface area contributed by atoms with Gasteiger partial charge in [0.25, 0.3) is 5.91 Å². The lowest BCUT2D eigenvalue weighted by atomic mass is 9.95. The molecule has 0 radical (unpaired) electrons. The van der Waals surface area contributed by atoms with Crippen LogP contribution in [0, 0.1) is 26.7 Å². The number of carbonyl (C=O) groups excluding carboxylic acids is 1. The van der Waals surface area contributed by atoms with Crippen LogP contribution in [-0.4, -0.2) is 52.2 Å². The Labute approximate surface area is 163 Å². The summed E-state index contributed by atoms with van der Waals surface area (Å²) in [7, 11) is 3.77. The highest BCUT2D eigenvalue weighted by atomic mass is 16.2. The molecule has 2 aromatic rings. The summed E-state index contributed by atoms with van der Waals surface area (Å²) < 4.78 is 1.76. The maximum absolute atomic E-state index is 12.6. The third kappa shape index (κ3) is 4.78. The van der Waals surface area contributed by atoms with E-state index in [1.165, 1.54) is 16.7 Å². The number of piperidine rings is 1. The van der Waals surface area contributed by atoms with Gasteiger partial charge in [-0.05, 0) is 69.8 Å². The Kier molecular flexibility index (Phi) is 6.00. The highest BCUT2D eigenvalue weighted by Gasteiger charge is 2.24. The Morgan fingerprint density at radius 1 is 1.19 bits per heavy atom. The normalized spacial score (nSPS) is 15.9. The minimum Gasteiger partial charge on any atom is -0.340 e. The van der Waals surface area contributed by atoms with Crippen molar-refractivity contribution in [1.29, 1.82) is 0 Å². The van der Waals surface area contributed by atoms with E-state index in [2.05, 4.69) is 42.0 Å². The molecule has 0 N–H and O–H groups in total. The highest BCUT2D eigenvalue weighted by Crippen LogP contribution is 2.22. The van der Waals surface area contributed by atoms with Gasteiger partial charge >= 0.3 is 0 Å². The van der Waals surface area contributed by atoms with Crippen molar-refractivity contribution in [2.24, 2.45) is 13.0 Å². The molecule has 2 heterocycles. The molecule has 0 spiro atoms. The van der Waals surface area contributed by atoms with Crippen molar-refractivity contribution in [3.05, 3.63) is 52.3 Å². The topological polar surface area (TPSA) is 41.4 Å². The molecule has 3 rings (SSSR count). The fraction of sp³-hybridized carbons (Fsp3) is 0.545. The van der Waals surface area contributed by atoms with Gasteiger partial charge in [0.15, 0.2) is 5.69 Å². The van der Waals surface area contributed by atoms with E-state index in [4.69, 9.17) is 0 Å². The number of likely N-dealkylation sites (tertiary alicyclic amines) is 1. The second-order valence-electron chi connectivity index (χ2n) is 8.13. The van der Waals surface area contributed by atoms with Gasteiger partial charge in [-0.25, -0.2) is 0 Å². The van der Waals surface area contributed by atoms with E-state index in [1.54, 1.807) is 4.68 Å². The van der Waals surface area contributed by atoms with Crippen LogP contribution in [0.1, 0.15) is 45.7 Å². The molecule has 1 amide bonds. The third-order valence-electron chi connectivity index (χ3n) is 5.82. The molecule has 0 atom stereocenters. The summed E-state index contributed by atoms with van der Waals surface area (Å²) in [6.07, 6.45) is 2.29. The summed E-state index contributed by atoms with van der Waals surface area (Å²) >= 11 is 0. The molecule has 0 unspecified atom stereocenters. The molecule has 1 fully saturated rings. The lowest BCUT2D eigenvalue weighted by Crippen LogP contribution is -2.39. The molecule has 0 saturated carbocycles. The summed E-state index contributed by atoms with van der Waals surface area (Å²) in [6, 6.07) is 8.58. The Morgan fingerprint density at radius 2 is 1.89 bits per heavy atom. The van der Waals surface area contributed by atoms with Crippen LogP contribution >= 0.6 is 0 Å². The van der Waals surface area contributed by atoms with Crippen molar-refractivity contribution in [2.75, 3.05) is 26.7 Å². The quantitative estimate of drug-likeness (QED) is 0.813. The smallest absolute Gasteiger partial charge is 0.274 e. The molecule has 1 saturated heterocycles. The average molecular weight is 369 g/mol. The van der Waals surface area contributed by atoms with Crippen molar-refractivity contribution in [1.82, 2.24) is 19.6 Å². The summed E-state index contributed by atoms with van der Waals surface area (Å²) in [5.74, 6) is 0.593. The van der Waals surface area contributed by atoms with Crippen LogP contribution in [0.5, 0.6) is 0 Å². The van der Waals surface area contributed by atoms with Crippen LogP contribution in [0.25, 0.3) is 0 Å². The Balaban J connectivity index is 1.50. The van der Waals surface area contributed by atoms with Crippen molar-refractivity contribution >= 4 is 5.91 Å². The second kappa shape index (κ2) is 8.26. The Morgan fingerprint density at radius 3 is 2.52 bits per heavy atom. The van der Waals surface area contributed by atoms with Gasteiger partial charge in [-0.15, -0.1) is 0 Å². The van der Waals surface area contributed by atoms with Crippen LogP contribution in [-0.2, 0) is 13.6 Å². The molecule has 1 aromatic carbocycles. The van der Waals surface area contributed by atoms with Crippen LogP contribution in [0.2, 0.25) is 0 Å². The Bertz CT molecular complexity index is 783. The van der Waals surface area contributed by atoms with Gasteiger partial charge in [-0.2, -0.15) is 5.10 Å². The van der Waals surface area contributed by atoms with Gasteiger partial charge in [0.1, 0.15) is 0 Å². The lowest BCUT2D eigenvalue weighted by Gasteiger charge is -2.34. The highest BCUT2D eigenvalue weighted by molar-refractivity contribution is 5.92. The predicted molar refractivity (Wildman–Crippen MR) is 109 cm³/mol. The maximum Gasteiger partial charge on any atom is 0.274 e. The SMILES string of the molecule is Cc1ccc(C)c(CN2CCC(CN(C)C(=O)c3cc(C)n(C)n3)CC2)c1. The minimum atomic E-state index is 0.0246. The van der Waals surface area contributed by atoms with Crippen molar-refractivity contribution in [3.8, 4) is 0 Å². The van der Waals surface area contributed by atoms with E-state index >= 15 is 0 Å². The maximum atomic E-state index is 12.6. The first-order chi connectivity index (χ1) is 12.8. The van der Waals surface area contributed by atoms with Crippen molar-refractivity contribution < 1.29 is 4.79 Å². The van der Waals surface area contributed by atoms with E-state index < -0.39 is 0 Å². The summed E-state index contributed by atoms with van der Waals surface area (Å²) in [6.45, 7) is 10.4. The zero-order chi connectivity index (χ0) is 19.6. The largest absolute Gasteiger partial charge is 0.340 e. The van der Waals surface area contributed by atoms with Gasteiger partial charge in [-0.3, -0.25) is 14.4 Å². The Hall–Kier alpha value is -2.14. The molecule has 1 aromatic heterocycles. The average Bonchev–Trinajstić information content (AvgIpc) is 2.98. The number of hydrogen-bond acceptors (Lipinski definition) is 3.